The van der Waals surface area contributed by atoms with E-state index in [1.165, 1.54) is 4.90 Å². The molecule has 7 heteroatoms. The van der Waals surface area contributed by atoms with Gasteiger partial charge in [-0.3, -0.25) is 4.79 Å². The van der Waals surface area contributed by atoms with Gasteiger partial charge in [0.15, 0.2) is 0 Å². The number of carboxylic acid groups (broad SMARTS) is 1. The lowest BCUT2D eigenvalue weighted by molar-refractivity contribution is -0.152. The highest BCUT2D eigenvalue weighted by Gasteiger charge is 2.42. The summed E-state index contributed by atoms with van der Waals surface area (Å²) < 4.78 is 4.83. The third kappa shape index (κ3) is 4.09. The van der Waals surface area contributed by atoms with Gasteiger partial charge in [0.05, 0.1) is 12.0 Å². The van der Waals surface area contributed by atoms with E-state index >= 15 is 0 Å². The molecule has 120 valence electrons. The highest BCUT2D eigenvalue weighted by atomic mass is 16.5. The molecule has 2 atom stereocenters. The zero-order chi connectivity index (χ0) is 16.0. The molecular formula is C14H24N2O5. The number of ether oxygens (including phenoxy) is 1. The predicted molar refractivity (Wildman–Crippen MR) is 75.8 cm³/mol. The summed E-state index contributed by atoms with van der Waals surface area (Å²) in [7, 11) is 0. The van der Waals surface area contributed by atoms with Gasteiger partial charge in [0, 0.05) is 13.1 Å². The Morgan fingerprint density at radius 3 is 2.57 bits per heavy atom. The fourth-order valence-electron chi connectivity index (χ4n) is 2.52. The third-order valence-electron chi connectivity index (χ3n) is 3.97. The Kier molecular flexibility index (Phi) is 5.99. The van der Waals surface area contributed by atoms with Crippen LogP contribution in [-0.2, 0) is 14.3 Å². The van der Waals surface area contributed by atoms with Gasteiger partial charge in [-0.05, 0) is 33.1 Å². The highest BCUT2D eigenvalue weighted by Crippen LogP contribution is 2.33. The van der Waals surface area contributed by atoms with Gasteiger partial charge in [0.1, 0.15) is 6.04 Å². The van der Waals surface area contributed by atoms with Crippen molar-refractivity contribution in [1.82, 2.24) is 10.2 Å². The maximum absolute atomic E-state index is 12.2. The Hall–Kier alpha value is -1.79. The number of esters is 1. The number of urea groups is 1. The van der Waals surface area contributed by atoms with Crippen molar-refractivity contribution >= 4 is 18.0 Å². The van der Waals surface area contributed by atoms with Gasteiger partial charge in [-0.1, -0.05) is 6.92 Å². The molecule has 0 aromatic rings. The molecule has 2 N–H and O–H groups in total. The second-order valence-electron chi connectivity index (χ2n) is 5.39. The van der Waals surface area contributed by atoms with E-state index in [0.29, 0.717) is 25.8 Å². The molecule has 0 spiro atoms. The molecule has 1 heterocycles. The van der Waals surface area contributed by atoms with Crippen LogP contribution in [0.3, 0.4) is 0 Å². The van der Waals surface area contributed by atoms with E-state index in [9.17, 15) is 19.5 Å². The van der Waals surface area contributed by atoms with E-state index in [4.69, 9.17) is 4.74 Å². The Bertz CT molecular complexity index is 412. The number of hydrogen-bond donors (Lipinski definition) is 2. The number of aliphatic carboxylic acids is 1. The summed E-state index contributed by atoms with van der Waals surface area (Å²) in [5.74, 6) is -1.37. The minimum absolute atomic E-state index is 0.167. The van der Waals surface area contributed by atoms with Gasteiger partial charge in [0.2, 0.25) is 0 Å². The molecule has 1 aliphatic rings. The summed E-state index contributed by atoms with van der Waals surface area (Å²) in [6.45, 7) is 5.97. The average molecular weight is 300 g/mol. The maximum atomic E-state index is 12.2. The summed E-state index contributed by atoms with van der Waals surface area (Å²) in [6, 6.07) is -1.17. The van der Waals surface area contributed by atoms with Gasteiger partial charge in [-0.25, -0.2) is 9.59 Å². The van der Waals surface area contributed by atoms with Crippen molar-refractivity contribution in [2.75, 3.05) is 19.7 Å². The van der Waals surface area contributed by atoms with Crippen LogP contribution in [0.1, 0.15) is 40.0 Å². The van der Waals surface area contributed by atoms with Gasteiger partial charge in [-0.15, -0.1) is 0 Å². The van der Waals surface area contributed by atoms with E-state index in [-0.39, 0.29) is 13.2 Å². The Labute approximate surface area is 124 Å². The fraction of sp³-hybridized carbons (Fsp3) is 0.786. The summed E-state index contributed by atoms with van der Waals surface area (Å²) in [5.41, 5.74) is -0.886. The molecule has 7 nitrogen and oxygen atoms in total. The van der Waals surface area contributed by atoms with Crippen LogP contribution in [0.5, 0.6) is 0 Å². The number of rotatable bonds is 5. The molecule has 0 saturated carbocycles. The van der Waals surface area contributed by atoms with Crippen LogP contribution in [0.15, 0.2) is 0 Å². The zero-order valence-corrected chi connectivity index (χ0v) is 12.8. The van der Waals surface area contributed by atoms with Crippen molar-refractivity contribution < 1.29 is 24.2 Å². The molecule has 0 aromatic heterocycles. The number of amides is 2. The van der Waals surface area contributed by atoms with Gasteiger partial charge < -0.3 is 20.1 Å². The smallest absolute Gasteiger partial charge is 0.328 e. The van der Waals surface area contributed by atoms with Crippen molar-refractivity contribution in [1.29, 1.82) is 0 Å². The molecule has 2 amide bonds. The predicted octanol–water partition coefficient (Wildman–Crippen LogP) is 1.22. The number of hydrogen-bond acceptors (Lipinski definition) is 4. The van der Waals surface area contributed by atoms with Crippen molar-refractivity contribution in [3.8, 4) is 0 Å². The van der Waals surface area contributed by atoms with E-state index < -0.39 is 29.4 Å². The van der Waals surface area contributed by atoms with Crippen LogP contribution in [-0.4, -0.2) is 53.7 Å². The molecule has 1 rings (SSSR count). The number of nitrogens with one attached hydrogen (secondary N) is 1. The zero-order valence-electron chi connectivity index (χ0n) is 12.8. The Morgan fingerprint density at radius 1 is 1.38 bits per heavy atom. The standard InChI is InChI=1S/C14H24N2O5/c1-4-14(12(18)19)7-6-8-16(9-14)13(20)15-10(3)11(17)21-5-2/h10H,4-9H2,1-3H3,(H,15,20)(H,18,19). The molecule has 0 bridgehead atoms. The first-order chi connectivity index (χ1) is 9.86. The molecule has 1 aliphatic heterocycles. The average Bonchev–Trinajstić information content (AvgIpc) is 2.47. The van der Waals surface area contributed by atoms with Crippen LogP contribution in [0.2, 0.25) is 0 Å². The molecule has 0 radical (unpaired) electrons. The number of carboxylic acids is 1. The largest absolute Gasteiger partial charge is 0.481 e. The van der Waals surface area contributed by atoms with E-state index in [2.05, 4.69) is 5.32 Å². The first-order valence-electron chi connectivity index (χ1n) is 7.31. The second kappa shape index (κ2) is 7.28. The number of piperidine rings is 1. The lowest BCUT2D eigenvalue weighted by Crippen LogP contribution is -2.54. The summed E-state index contributed by atoms with van der Waals surface area (Å²) >= 11 is 0. The van der Waals surface area contributed by atoms with Crippen LogP contribution in [0.25, 0.3) is 0 Å². The maximum Gasteiger partial charge on any atom is 0.328 e. The van der Waals surface area contributed by atoms with Gasteiger partial charge in [-0.2, -0.15) is 0 Å². The Morgan fingerprint density at radius 2 is 2.05 bits per heavy atom. The van der Waals surface area contributed by atoms with Crippen LogP contribution < -0.4 is 5.32 Å². The first kappa shape index (κ1) is 17.3. The fourth-order valence-corrected chi connectivity index (χ4v) is 2.52. The monoisotopic (exact) mass is 300 g/mol. The molecular weight excluding hydrogens is 276 g/mol. The van der Waals surface area contributed by atoms with Crippen molar-refractivity contribution in [2.24, 2.45) is 5.41 Å². The summed E-state index contributed by atoms with van der Waals surface area (Å²) in [6.07, 6.45) is 1.68. The van der Waals surface area contributed by atoms with Crippen molar-refractivity contribution in [3.63, 3.8) is 0 Å². The molecule has 21 heavy (non-hydrogen) atoms. The molecule has 2 unspecified atom stereocenters. The Balaban J connectivity index is 2.66. The van der Waals surface area contributed by atoms with Gasteiger partial charge >= 0.3 is 18.0 Å². The van der Waals surface area contributed by atoms with E-state index in [0.717, 1.165) is 0 Å². The topological polar surface area (TPSA) is 95.9 Å². The highest BCUT2D eigenvalue weighted by molar-refractivity contribution is 5.84. The van der Waals surface area contributed by atoms with Crippen LogP contribution >= 0.6 is 0 Å². The third-order valence-corrected chi connectivity index (χ3v) is 3.97. The summed E-state index contributed by atoms with van der Waals surface area (Å²) in [4.78, 5) is 36.6. The van der Waals surface area contributed by atoms with E-state index in [1.54, 1.807) is 13.8 Å². The number of nitrogens with zero attached hydrogens (tertiary/aromatic N) is 1. The quantitative estimate of drug-likeness (QED) is 0.744. The summed E-state index contributed by atoms with van der Waals surface area (Å²) in [5, 5.41) is 12.0. The lowest BCUT2D eigenvalue weighted by Gasteiger charge is -2.39. The van der Waals surface area contributed by atoms with Crippen molar-refractivity contribution in [3.05, 3.63) is 0 Å². The minimum Gasteiger partial charge on any atom is -0.481 e. The van der Waals surface area contributed by atoms with Crippen molar-refractivity contribution in [2.45, 2.75) is 46.1 Å². The molecule has 1 saturated heterocycles. The van der Waals surface area contributed by atoms with Crippen LogP contribution in [0.4, 0.5) is 4.79 Å². The number of carbonyl (C=O) groups excluding carboxylic acids is 2. The van der Waals surface area contributed by atoms with E-state index in [1.807, 2.05) is 6.92 Å². The number of carbonyl (C=O) groups is 3. The molecule has 1 fully saturated rings. The SMILES string of the molecule is CCOC(=O)C(C)NC(=O)N1CCCC(CC)(C(=O)O)C1. The first-order valence-corrected chi connectivity index (χ1v) is 7.31. The van der Waals surface area contributed by atoms with Gasteiger partial charge in [0.25, 0.3) is 0 Å². The lowest BCUT2D eigenvalue weighted by atomic mass is 9.78. The minimum atomic E-state index is -0.886. The normalized spacial score (nSPS) is 23.3. The molecule has 0 aromatic carbocycles. The number of likely N-dealkylation sites (tertiary alicyclic amines) is 1. The molecule has 0 aliphatic carbocycles. The second-order valence-corrected chi connectivity index (χ2v) is 5.39. The van der Waals surface area contributed by atoms with Crippen LogP contribution in [0, 0.1) is 5.41 Å².